The lowest BCUT2D eigenvalue weighted by Crippen LogP contribution is -2.66. The highest BCUT2D eigenvalue weighted by Crippen LogP contribution is 2.18. The maximum atomic E-state index is 11.3. The number of carboxylic acid groups (broad SMARTS) is 1. The minimum atomic E-state index is -2.21. The number of carbonyl (C=O) groups excluding carboxylic acids is 1. The van der Waals surface area contributed by atoms with Gasteiger partial charge in [-0.1, -0.05) is 97.4 Å². The molecule has 1 atom stereocenters. The first-order chi connectivity index (χ1) is 16.0. The highest BCUT2D eigenvalue weighted by molar-refractivity contribution is 7.99. The summed E-state index contributed by atoms with van der Waals surface area (Å²) in [6.07, 6.45) is 2.05. The van der Waals surface area contributed by atoms with Gasteiger partial charge in [0.15, 0.2) is 0 Å². The van der Waals surface area contributed by atoms with Gasteiger partial charge in [-0.3, -0.25) is 4.79 Å². The van der Waals surface area contributed by atoms with Crippen LogP contribution in [0.25, 0.3) is 0 Å². The van der Waals surface area contributed by atoms with Crippen molar-refractivity contribution >= 4 is 47.3 Å². The Morgan fingerprint density at radius 3 is 1.67 bits per heavy atom. The van der Waals surface area contributed by atoms with Crippen LogP contribution < -0.4 is 20.9 Å². The van der Waals surface area contributed by atoms with Gasteiger partial charge in [-0.2, -0.15) is 11.8 Å². The Labute approximate surface area is 201 Å². The van der Waals surface area contributed by atoms with Gasteiger partial charge in [0.1, 0.15) is 14.1 Å². The largest absolute Gasteiger partial charge is 0.480 e. The number of hydrogen-bond donors (Lipinski definition) is 2. The summed E-state index contributed by atoms with van der Waals surface area (Å²) in [6, 6.07) is 32.9. The standard InChI is InChI=1S/C27H31NO3SSi/c1-22(29)28-26(27(30)31)21-32-19-11-12-20-33(23-13-5-2-6-14-23,24-15-7-3-8-16-24)25-17-9-4-10-18-25/h2-10,13-18,26H,11-12,19-21H2,1H3,(H,28,29)(H,30,31)/t26-/m0/s1. The number of nitrogens with one attached hydrogen (secondary N) is 1. The lowest BCUT2D eigenvalue weighted by Gasteiger charge is -2.34. The van der Waals surface area contributed by atoms with Gasteiger partial charge in [-0.25, -0.2) is 4.79 Å². The number of aliphatic carboxylic acids is 1. The van der Waals surface area contributed by atoms with Crippen molar-refractivity contribution in [2.24, 2.45) is 0 Å². The number of benzene rings is 3. The van der Waals surface area contributed by atoms with Crippen LogP contribution in [0.3, 0.4) is 0 Å². The van der Waals surface area contributed by atoms with Crippen LogP contribution in [0.4, 0.5) is 0 Å². The summed E-state index contributed by atoms with van der Waals surface area (Å²) in [6.45, 7) is 1.35. The molecule has 3 aromatic carbocycles. The van der Waals surface area contributed by atoms with Gasteiger partial charge < -0.3 is 10.4 Å². The smallest absolute Gasteiger partial charge is 0.327 e. The van der Waals surface area contributed by atoms with Crippen LogP contribution in [0.1, 0.15) is 19.8 Å². The van der Waals surface area contributed by atoms with E-state index in [1.54, 1.807) is 11.8 Å². The molecule has 0 heterocycles. The fourth-order valence-electron chi connectivity index (χ4n) is 4.32. The van der Waals surface area contributed by atoms with Crippen molar-refractivity contribution in [1.82, 2.24) is 5.32 Å². The molecule has 0 aromatic heterocycles. The number of hydrogen-bond acceptors (Lipinski definition) is 3. The second-order valence-electron chi connectivity index (χ2n) is 8.13. The molecule has 0 saturated heterocycles. The van der Waals surface area contributed by atoms with E-state index >= 15 is 0 Å². The van der Waals surface area contributed by atoms with E-state index in [2.05, 4.69) is 96.3 Å². The van der Waals surface area contributed by atoms with E-state index in [0.29, 0.717) is 5.75 Å². The zero-order valence-corrected chi connectivity index (χ0v) is 20.8. The van der Waals surface area contributed by atoms with E-state index in [-0.39, 0.29) is 5.91 Å². The highest BCUT2D eigenvalue weighted by atomic mass is 32.2. The molecule has 0 bridgehead atoms. The zero-order valence-electron chi connectivity index (χ0n) is 18.9. The third-order valence-corrected chi connectivity index (χ3v) is 12.1. The maximum Gasteiger partial charge on any atom is 0.327 e. The Kier molecular flexibility index (Phi) is 9.33. The Hall–Kier alpha value is -2.83. The van der Waals surface area contributed by atoms with Gasteiger partial charge in [-0.15, -0.1) is 0 Å². The number of carboxylic acids is 1. The number of unbranched alkanes of at least 4 members (excludes halogenated alkanes) is 1. The van der Waals surface area contributed by atoms with Gasteiger partial charge in [0, 0.05) is 12.7 Å². The van der Waals surface area contributed by atoms with Gasteiger partial charge in [0.2, 0.25) is 5.91 Å². The summed E-state index contributed by atoms with van der Waals surface area (Å²) in [5.41, 5.74) is 0. The summed E-state index contributed by atoms with van der Waals surface area (Å²) in [7, 11) is -2.21. The zero-order chi connectivity index (χ0) is 23.5. The minimum absolute atomic E-state index is 0.313. The molecule has 172 valence electrons. The summed E-state index contributed by atoms with van der Waals surface area (Å²) >= 11 is 1.59. The van der Waals surface area contributed by atoms with Gasteiger partial charge in [0.05, 0.1) is 0 Å². The Bertz CT molecular complexity index is 919. The van der Waals surface area contributed by atoms with E-state index in [0.717, 1.165) is 24.6 Å². The Morgan fingerprint density at radius 1 is 0.818 bits per heavy atom. The van der Waals surface area contributed by atoms with Crippen LogP contribution in [0, 0.1) is 0 Å². The summed E-state index contributed by atoms with van der Waals surface area (Å²) < 4.78 is 0. The van der Waals surface area contributed by atoms with Crippen molar-refractivity contribution in [1.29, 1.82) is 0 Å². The molecule has 1 amide bonds. The third-order valence-electron chi connectivity index (χ3n) is 5.85. The molecule has 0 aliphatic heterocycles. The molecule has 33 heavy (non-hydrogen) atoms. The number of thioether (sulfide) groups is 1. The lowest BCUT2D eigenvalue weighted by molar-refractivity contribution is -0.140. The van der Waals surface area contributed by atoms with Crippen LogP contribution in [0.2, 0.25) is 6.04 Å². The molecular formula is C27H31NO3SSi. The topological polar surface area (TPSA) is 66.4 Å². The van der Waals surface area contributed by atoms with Crippen molar-refractivity contribution in [3.63, 3.8) is 0 Å². The Morgan fingerprint density at radius 2 is 1.27 bits per heavy atom. The predicted molar refractivity (Wildman–Crippen MR) is 141 cm³/mol. The summed E-state index contributed by atoms with van der Waals surface area (Å²) in [4.78, 5) is 22.6. The fraction of sp³-hybridized carbons (Fsp3) is 0.259. The number of carbonyl (C=O) groups is 2. The second-order valence-corrected chi connectivity index (χ2v) is 13.3. The number of amides is 1. The van der Waals surface area contributed by atoms with E-state index in [1.807, 2.05) is 0 Å². The third kappa shape index (κ3) is 6.59. The van der Waals surface area contributed by atoms with E-state index in [9.17, 15) is 14.7 Å². The van der Waals surface area contributed by atoms with Crippen LogP contribution in [0.5, 0.6) is 0 Å². The SMILES string of the molecule is CC(=O)N[C@@H](CSCCCC[Si](c1ccccc1)(c1ccccc1)c1ccccc1)C(=O)O. The molecule has 3 aromatic rings. The molecular weight excluding hydrogens is 446 g/mol. The van der Waals surface area contributed by atoms with Gasteiger partial charge >= 0.3 is 5.97 Å². The van der Waals surface area contributed by atoms with Crippen molar-refractivity contribution < 1.29 is 14.7 Å². The summed E-state index contributed by atoms with van der Waals surface area (Å²) in [5.74, 6) is -0.0477. The molecule has 4 nitrogen and oxygen atoms in total. The molecule has 3 rings (SSSR count). The Balaban J connectivity index is 1.76. The maximum absolute atomic E-state index is 11.3. The minimum Gasteiger partial charge on any atom is -0.480 e. The van der Waals surface area contributed by atoms with Gasteiger partial charge in [-0.05, 0) is 33.8 Å². The average molecular weight is 478 g/mol. The van der Waals surface area contributed by atoms with Crippen LogP contribution in [-0.4, -0.2) is 42.6 Å². The number of rotatable bonds is 12. The predicted octanol–water partition coefficient (Wildman–Crippen LogP) is 3.26. The molecule has 0 spiro atoms. The van der Waals surface area contributed by atoms with Crippen molar-refractivity contribution in [3.8, 4) is 0 Å². The lowest BCUT2D eigenvalue weighted by atomic mass is 10.3. The molecule has 0 saturated carbocycles. The normalized spacial score (nSPS) is 12.2. The quantitative estimate of drug-likeness (QED) is 0.239. The molecule has 0 aliphatic carbocycles. The van der Waals surface area contributed by atoms with E-state index < -0.39 is 20.1 Å². The monoisotopic (exact) mass is 477 g/mol. The highest BCUT2D eigenvalue weighted by Gasteiger charge is 2.38. The molecule has 0 fully saturated rings. The van der Waals surface area contributed by atoms with Crippen molar-refractivity contribution in [2.45, 2.75) is 31.9 Å². The average Bonchev–Trinajstić information content (AvgIpc) is 2.84. The van der Waals surface area contributed by atoms with Crippen LogP contribution in [0.15, 0.2) is 91.0 Å². The fourth-order valence-corrected chi connectivity index (χ4v) is 10.3. The first-order valence-electron chi connectivity index (χ1n) is 11.3. The molecule has 0 radical (unpaired) electrons. The molecule has 0 unspecified atom stereocenters. The van der Waals surface area contributed by atoms with E-state index in [1.165, 1.54) is 22.5 Å². The van der Waals surface area contributed by atoms with Crippen molar-refractivity contribution in [3.05, 3.63) is 91.0 Å². The van der Waals surface area contributed by atoms with Gasteiger partial charge in [0.25, 0.3) is 0 Å². The van der Waals surface area contributed by atoms with Crippen molar-refractivity contribution in [2.75, 3.05) is 11.5 Å². The first kappa shape index (κ1) is 24.8. The second kappa shape index (κ2) is 12.4. The first-order valence-corrected chi connectivity index (χ1v) is 14.6. The molecule has 0 aliphatic rings. The molecule has 6 heteroatoms. The molecule has 2 N–H and O–H groups in total. The summed E-state index contributed by atoms with van der Waals surface area (Å²) in [5, 5.41) is 16.0. The van der Waals surface area contributed by atoms with E-state index in [4.69, 9.17) is 0 Å². The van der Waals surface area contributed by atoms with Crippen LogP contribution in [-0.2, 0) is 9.59 Å². The van der Waals surface area contributed by atoms with Crippen LogP contribution >= 0.6 is 11.8 Å².